The zero-order valence-corrected chi connectivity index (χ0v) is 7.48. The maximum absolute atomic E-state index is 4.14. The fraction of sp³-hybridized carbons (Fsp3) is 0.900. The molecule has 0 amide bonds. The molecule has 2 atom stereocenters. The molecule has 0 saturated heterocycles. The second kappa shape index (κ2) is 2.56. The van der Waals surface area contributed by atoms with E-state index in [0.717, 1.165) is 5.92 Å². The monoisotopic (exact) mass is 139 g/mol. The lowest BCUT2D eigenvalue weighted by Crippen LogP contribution is -2.26. The van der Waals surface area contributed by atoms with Crippen LogP contribution in [0.4, 0.5) is 0 Å². The van der Waals surface area contributed by atoms with Crippen LogP contribution in [0.5, 0.6) is 0 Å². The molecule has 0 aliphatic heterocycles. The predicted molar refractivity (Wildman–Crippen MR) is 45.6 cm³/mol. The van der Waals surface area contributed by atoms with Gasteiger partial charge in [-0.1, -0.05) is 27.7 Å². The molecule has 10 heavy (non-hydrogen) atoms. The zero-order chi connectivity index (χ0) is 7.78. The van der Waals surface area contributed by atoms with Crippen LogP contribution >= 0.6 is 0 Å². The summed E-state index contributed by atoms with van der Waals surface area (Å²) in [6, 6.07) is 0. The van der Waals surface area contributed by atoms with E-state index >= 15 is 0 Å². The van der Waals surface area contributed by atoms with E-state index in [4.69, 9.17) is 0 Å². The molecule has 0 heteroatoms. The maximum atomic E-state index is 4.14. The van der Waals surface area contributed by atoms with Crippen molar-refractivity contribution >= 4 is 0 Å². The molecule has 1 aliphatic rings. The third kappa shape index (κ3) is 2.00. The van der Waals surface area contributed by atoms with Crippen molar-refractivity contribution in [2.45, 2.75) is 40.0 Å². The van der Waals surface area contributed by atoms with Crippen LogP contribution in [0.1, 0.15) is 40.0 Å². The van der Waals surface area contributed by atoms with Gasteiger partial charge in [-0.2, -0.15) is 0 Å². The second-order valence-corrected chi connectivity index (χ2v) is 4.78. The molecule has 0 nitrogen and oxygen atoms in total. The highest BCUT2D eigenvalue weighted by molar-refractivity contribution is 4.83. The fourth-order valence-corrected chi connectivity index (χ4v) is 2.54. The van der Waals surface area contributed by atoms with E-state index < -0.39 is 0 Å². The first-order valence-electron chi connectivity index (χ1n) is 4.33. The van der Waals surface area contributed by atoms with Crippen molar-refractivity contribution in [3.8, 4) is 0 Å². The molecule has 0 heterocycles. The summed E-state index contributed by atoms with van der Waals surface area (Å²) in [7, 11) is 0. The molecule has 0 spiro atoms. The molecule has 59 valence electrons. The van der Waals surface area contributed by atoms with Crippen molar-refractivity contribution in [2.75, 3.05) is 0 Å². The summed E-state index contributed by atoms with van der Waals surface area (Å²) in [6.07, 6.45) is 4.04. The van der Waals surface area contributed by atoms with Gasteiger partial charge in [-0.25, -0.2) is 0 Å². The summed E-state index contributed by atoms with van der Waals surface area (Å²) in [5.41, 5.74) is 0.560. The molecule has 0 bridgehead atoms. The first kappa shape index (κ1) is 8.10. The molecule has 0 aromatic heterocycles. The minimum absolute atomic E-state index is 0.560. The van der Waals surface area contributed by atoms with Gasteiger partial charge in [0.2, 0.25) is 0 Å². The molecule has 1 aliphatic carbocycles. The summed E-state index contributed by atoms with van der Waals surface area (Å²) in [4.78, 5) is 0. The van der Waals surface area contributed by atoms with Crippen LogP contribution in [-0.2, 0) is 0 Å². The van der Waals surface area contributed by atoms with E-state index in [1.165, 1.54) is 19.3 Å². The van der Waals surface area contributed by atoms with E-state index in [1.54, 1.807) is 0 Å². The quantitative estimate of drug-likeness (QED) is 0.483. The van der Waals surface area contributed by atoms with E-state index in [0.29, 0.717) is 11.3 Å². The largest absolute Gasteiger partial charge is 0.0625 e. The first-order chi connectivity index (χ1) is 4.49. The van der Waals surface area contributed by atoms with Gasteiger partial charge in [-0.3, -0.25) is 0 Å². The van der Waals surface area contributed by atoms with Gasteiger partial charge in [0.1, 0.15) is 0 Å². The highest BCUT2D eigenvalue weighted by atomic mass is 14.3. The van der Waals surface area contributed by atoms with Gasteiger partial charge in [0, 0.05) is 0 Å². The third-order valence-electron chi connectivity index (χ3n) is 2.48. The van der Waals surface area contributed by atoms with Crippen molar-refractivity contribution in [2.24, 2.45) is 17.3 Å². The van der Waals surface area contributed by atoms with Gasteiger partial charge in [-0.05, 0) is 36.5 Å². The van der Waals surface area contributed by atoms with Crippen LogP contribution < -0.4 is 0 Å². The normalized spacial score (nSPS) is 39.6. The van der Waals surface area contributed by atoms with Crippen LogP contribution in [-0.4, -0.2) is 0 Å². The van der Waals surface area contributed by atoms with Gasteiger partial charge in [-0.15, -0.1) is 0 Å². The summed E-state index contributed by atoms with van der Waals surface area (Å²) in [5.74, 6) is 1.60. The topological polar surface area (TPSA) is 0 Å². The first-order valence-corrected chi connectivity index (χ1v) is 4.33. The lowest BCUT2D eigenvalue weighted by molar-refractivity contribution is 0.155. The average molecular weight is 139 g/mol. The minimum atomic E-state index is 0.560. The molecule has 2 unspecified atom stereocenters. The van der Waals surface area contributed by atoms with Crippen molar-refractivity contribution in [3.63, 3.8) is 0 Å². The minimum Gasteiger partial charge on any atom is -0.0625 e. The Morgan fingerprint density at radius 3 is 2.30 bits per heavy atom. The van der Waals surface area contributed by atoms with Crippen molar-refractivity contribution in [1.29, 1.82) is 0 Å². The second-order valence-electron chi connectivity index (χ2n) is 4.78. The Kier molecular flexibility index (Phi) is 2.07. The highest BCUT2D eigenvalue weighted by Gasteiger charge is 2.29. The van der Waals surface area contributed by atoms with Gasteiger partial charge in [0.15, 0.2) is 0 Å². The standard InChI is InChI=1S/C10H19/c1-8-5-9(2)7-10(3,4)6-8/h8-9H,1,5-7H2,2-4H3. The van der Waals surface area contributed by atoms with Crippen LogP contribution in [0.25, 0.3) is 0 Å². The highest BCUT2D eigenvalue weighted by Crippen LogP contribution is 2.40. The van der Waals surface area contributed by atoms with Crippen molar-refractivity contribution in [3.05, 3.63) is 6.92 Å². The Bertz CT molecular complexity index is 101. The van der Waals surface area contributed by atoms with Gasteiger partial charge in [0.25, 0.3) is 0 Å². The van der Waals surface area contributed by atoms with Gasteiger partial charge in [0.05, 0.1) is 0 Å². The number of hydrogen-bond acceptors (Lipinski definition) is 0. The Morgan fingerprint density at radius 2 is 1.90 bits per heavy atom. The Hall–Kier alpha value is 0. The summed E-state index contributed by atoms with van der Waals surface area (Å²) >= 11 is 0. The molecule has 1 saturated carbocycles. The molecule has 1 rings (SSSR count). The lowest BCUT2D eigenvalue weighted by atomic mass is 9.69. The predicted octanol–water partition coefficient (Wildman–Crippen LogP) is 3.28. The van der Waals surface area contributed by atoms with Crippen LogP contribution in [0.3, 0.4) is 0 Å². The van der Waals surface area contributed by atoms with Crippen LogP contribution in [0.15, 0.2) is 0 Å². The smallest absolute Gasteiger partial charge is 0.0349 e. The Balaban J connectivity index is 2.51. The van der Waals surface area contributed by atoms with E-state index in [1.807, 2.05) is 0 Å². The molecule has 0 aromatic carbocycles. The van der Waals surface area contributed by atoms with Crippen LogP contribution in [0.2, 0.25) is 0 Å². The Morgan fingerprint density at radius 1 is 1.30 bits per heavy atom. The third-order valence-corrected chi connectivity index (χ3v) is 2.48. The van der Waals surface area contributed by atoms with E-state index in [2.05, 4.69) is 27.7 Å². The summed E-state index contributed by atoms with van der Waals surface area (Å²) in [6.45, 7) is 11.2. The summed E-state index contributed by atoms with van der Waals surface area (Å²) < 4.78 is 0. The lowest BCUT2D eigenvalue weighted by Gasteiger charge is -2.37. The molecular weight excluding hydrogens is 120 g/mol. The molecule has 1 fully saturated rings. The average Bonchev–Trinajstić information content (AvgIpc) is 1.54. The molecular formula is C10H19. The number of hydrogen-bond donors (Lipinski definition) is 0. The number of rotatable bonds is 0. The zero-order valence-electron chi connectivity index (χ0n) is 7.48. The van der Waals surface area contributed by atoms with E-state index in [-0.39, 0.29) is 0 Å². The molecule has 0 aromatic rings. The van der Waals surface area contributed by atoms with Gasteiger partial charge < -0.3 is 0 Å². The van der Waals surface area contributed by atoms with Crippen molar-refractivity contribution in [1.82, 2.24) is 0 Å². The van der Waals surface area contributed by atoms with Crippen molar-refractivity contribution < 1.29 is 0 Å². The molecule has 1 radical (unpaired) electrons. The fourth-order valence-electron chi connectivity index (χ4n) is 2.54. The Labute approximate surface area is 65.0 Å². The summed E-state index contributed by atoms with van der Waals surface area (Å²) in [5, 5.41) is 0. The van der Waals surface area contributed by atoms with Crippen LogP contribution in [0, 0.1) is 24.2 Å². The SMILES string of the molecule is [CH2]C1CC(C)CC(C)(C)C1. The molecule has 0 N–H and O–H groups in total. The van der Waals surface area contributed by atoms with Gasteiger partial charge >= 0.3 is 0 Å². The maximum Gasteiger partial charge on any atom is -0.0349 e. The van der Waals surface area contributed by atoms with E-state index in [9.17, 15) is 0 Å².